The molecule has 0 saturated carbocycles. The lowest BCUT2D eigenvalue weighted by Gasteiger charge is -2.29. The highest BCUT2D eigenvalue weighted by molar-refractivity contribution is 5.55. The lowest BCUT2D eigenvalue weighted by Crippen LogP contribution is -2.30. The highest BCUT2D eigenvalue weighted by atomic mass is 19.1. The van der Waals surface area contributed by atoms with E-state index in [0.717, 1.165) is 37.4 Å². The fourth-order valence-corrected chi connectivity index (χ4v) is 3.02. The lowest BCUT2D eigenvalue weighted by atomic mass is 10.1. The first-order valence-corrected chi connectivity index (χ1v) is 8.41. The summed E-state index contributed by atoms with van der Waals surface area (Å²) >= 11 is 0. The summed E-state index contributed by atoms with van der Waals surface area (Å²) in [6.45, 7) is 8.07. The topological polar surface area (TPSA) is 15.3 Å². The molecule has 1 aliphatic heterocycles. The van der Waals surface area contributed by atoms with Crippen LogP contribution in [0.1, 0.15) is 51.5 Å². The van der Waals surface area contributed by atoms with Gasteiger partial charge in [-0.2, -0.15) is 0 Å². The Balaban J connectivity index is 2.11. The maximum Gasteiger partial charge on any atom is 0.146 e. The summed E-state index contributed by atoms with van der Waals surface area (Å²) in [4.78, 5) is 2.26. The Morgan fingerprint density at radius 3 is 2.43 bits per heavy atom. The van der Waals surface area contributed by atoms with Crippen molar-refractivity contribution in [2.24, 2.45) is 5.92 Å². The highest BCUT2D eigenvalue weighted by Gasteiger charge is 2.16. The van der Waals surface area contributed by atoms with Crippen LogP contribution in [0.3, 0.4) is 0 Å². The summed E-state index contributed by atoms with van der Waals surface area (Å²) in [5.41, 5.74) is 1.92. The van der Waals surface area contributed by atoms with Crippen LogP contribution in [-0.2, 0) is 6.54 Å². The van der Waals surface area contributed by atoms with Gasteiger partial charge in [0, 0.05) is 19.6 Å². The van der Waals surface area contributed by atoms with Gasteiger partial charge in [-0.05, 0) is 36.9 Å². The molecule has 1 saturated heterocycles. The van der Waals surface area contributed by atoms with Crippen molar-refractivity contribution in [2.45, 2.75) is 52.5 Å². The Morgan fingerprint density at radius 1 is 1.10 bits per heavy atom. The molecule has 1 fully saturated rings. The van der Waals surface area contributed by atoms with E-state index in [1.165, 1.54) is 32.1 Å². The van der Waals surface area contributed by atoms with E-state index in [9.17, 15) is 4.39 Å². The molecule has 2 nitrogen and oxygen atoms in total. The molecule has 2 rings (SSSR count). The first-order chi connectivity index (χ1) is 10.2. The van der Waals surface area contributed by atoms with Crippen molar-refractivity contribution < 1.29 is 4.39 Å². The van der Waals surface area contributed by atoms with Crippen LogP contribution in [0.25, 0.3) is 0 Å². The zero-order valence-electron chi connectivity index (χ0n) is 13.5. The third-order valence-electron chi connectivity index (χ3n) is 4.11. The molecule has 0 aliphatic carbocycles. The van der Waals surface area contributed by atoms with Gasteiger partial charge >= 0.3 is 0 Å². The SMILES string of the molecule is CC(C)CNCc1cccc(F)c1N1CCCCCCC1. The minimum absolute atomic E-state index is 0.0700. The van der Waals surface area contributed by atoms with E-state index in [4.69, 9.17) is 0 Å². The maximum absolute atomic E-state index is 14.4. The van der Waals surface area contributed by atoms with Crippen LogP contribution in [-0.4, -0.2) is 19.6 Å². The average molecular weight is 292 g/mol. The second-order valence-electron chi connectivity index (χ2n) is 6.53. The predicted molar refractivity (Wildman–Crippen MR) is 88.2 cm³/mol. The van der Waals surface area contributed by atoms with Gasteiger partial charge in [0.1, 0.15) is 5.82 Å². The predicted octanol–water partition coefficient (Wildman–Crippen LogP) is 4.34. The molecule has 1 aromatic rings. The molecular formula is C18H29FN2. The van der Waals surface area contributed by atoms with Gasteiger partial charge in [-0.15, -0.1) is 0 Å². The average Bonchev–Trinajstić information content (AvgIpc) is 2.39. The van der Waals surface area contributed by atoms with Gasteiger partial charge in [-0.25, -0.2) is 4.39 Å². The van der Waals surface area contributed by atoms with Gasteiger partial charge in [0.2, 0.25) is 0 Å². The summed E-state index contributed by atoms with van der Waals surface area (Å²) in [6.07, 6.45) is 6.21. The van der Waals surface area contributed by atoms with Crippen LogP contribution in [0.2, 0.25) is 0 Å². The number of halogens is 1. The number of benzene rings is 1. The van der Waals surface area contributed by atoms with Crippen molar-refractivity contribution in [3.8, 4) is 0 Å². The molecule has 0 radical (unpaired) electrons. The summed E-state index contributed by atoms with van der Waals surface area (Å²) in [7, 11) is 0. The highest BCUT2D eigenvalue weighted by Crippen LogP contribution is 2.27. The number of hydrogen-bond acceptors (Lipinski definition) is 2. The van der Waals surface area contributed by atoms with E-state index in [1.807, 2.05) is 6.07 Å². The second kappa shape index (κ2) is 8.38. The molecule has 1 N–H and O–H groups in total. The zero-order chi connectivity index (χ0) is 15.1. The minimum Gasteiger partial charge on any atom is -0.369 e. The Labute approximate surface area is 128 Å². The first-order valence-electron chi connectivity index (χ1n) is 8.41. The van der Waals surface area contributed by atoms with E-state index < -0.39 is 0 Å². The Morgan fingerprint density at radius 2 is 1.76 bits per heavy atom. The van der Waals surface area contributed by atoms with Crippen molar-refractivity contribution in [1.82, 2.24) is 5.32 Å². The molecule has 0 bridgehead atoms. The van der Waals surface area contributed by atoms with Gasteiger partial charge in [0.25, 0.3) is 0 Å². The second-order valence-corrected chi connectivity index (χ2v) is 6.53. The van der Waals surface area contributed by atoms with Gasteiger partial charge in [0.05, 0.1) is 5.69 Å². The Hall–Kier alpha value is -1.09. The van der Waals surface area contributed by atoms with Gasteiger partial charge in [-0.3, -0.25) is 0 Å². The number of rotatable bonds is 5. The summed E-state index contributed by atoms with van der Waals surface area (Å²) in [5, 5.41) is 3.44. The largest absolute Gasteiger partial charge is 0.369 e. The molecule has 1 aliphatic rings. The van der Waals surface area contributed by atoms with Crippen LogP contribution in [0, 0.1) is 11.7 Å². The maximum atomic E-state index is 14.4. The normalized spacial score (nSPS) is 16.9. The van der Waals surface area contributed by atoms with E-state index in [2.05, 4.69) is 30.1 Å². The number of para-hydroxylation sites is 1. The fraction of sp³-hybridized carbons (Fsp3) is 0.667. The van der Waals surface area contributed by atoms with Gasteiger partial charge in [-0.1, -0.05) is 45.2 Å². The Kier molecular flexibility index (Phi) is 6.50. The molecule has 1 aromatic carbocycles. The molecule has 1 heterocycles. The summed E-state index contributed by atoms with van der Waals surface area (Å²) < 4.78 is 14.4. The monoisotopic (exact) mass is 292 g/mol. The lowest BCUT2D eigenvalue weighted by molar-refractivity contribution is 0.534. The summed E-state index contributed by atoms with van der Waals surface area (Å²) in [6, 6.07) is 5.49. The summed E-state index contributed by atoms with van der Waals surface area (Å²) in [5.74, 6) is 0.545. The number of anilines is 1. The van der Waals surface area contributed by atoms with E-state index in [0.29, 0.717) is 5.92 Å². The van der Waals surface area contributed by atoms with Gasteiger partial charge in [0.15, 0.2) is 0 Å². The molecule has 0 spiro atoms. The zero-order valence-corrected chi connectivity index (χ0v) is 13.5. The van der Waals surface area contributed by atoms with E-state index >= 15 is 0 Å². The van der Waals surface area contributed by atoms with Crippen LogP contribution in [0.15, 0.2) is 18.2 Å². The molecule has 118 valence electrons. The smallest absolute Gasteiger partial charge is 0.146 e. The standard InChI is InChI=1S/C18H29FN2/c1-15(2)13-20-14-16-9-8-10-17(19)18(16)21-11-6-4-3-5-7-12-21/h8-10,15,20H,3-7,11-14H2,1-2H3. The minimum atomic E-state index is -0.0700. The van der Waals surface area contributed by atoms with Crippen LogP contribution in [0.4, 0.5) is 10.1 Å². The molecule has 21 heavy (non-hydrogen) atoms. The van der Waals surface area contributed by atoms with Crippen LogP contribution < -0.4 is 10.2 Å². The third kappa shape index (κ3) is 4.99. The van der Waals surface area contributed by atoms with E-state index in [1.54, 1.807) is 6.07 Å². The van der Waals surface area contributed by atoms with Gasteiger partial charge < -0.3 is 10.2 Å². The van der Waals surface area contributed by atoms with E-state index in [-0.39, 0.29) is 5.82 Å². The fourth-order valence-electron chi connectivity index (χ4n) is 3.02. The number of hydrogen-bond donors (Lipinski definition) is 1. The molecular weight excluding hydrogens is 263 g/mol. The Bertz CT molecular complexity index is 423. The van der Waals surface area contributed by atoms with Crippen LogP contribution in [0.5, 0.6) is 0 Å². The first kappa shape index (κ1) is 16.3. The molecule has 0 unspecified atom stereocenters. The molecule has 0 aromatic heterocycles. The molecule has 0 amide bonds. The van der Waals surface area contributed by atoms with Crippen LogP contribution >= 0.6 is 0 Å². The number of nitrogens with zero attached hydrogens (tertiary/aromatic N) is 1. The van der Waals surface area contributed by atoms with Crippen molar-refractivity contribution in [3.63, 3.8) is 0 Å². The van der Waals surface area contributed by atoms with Crippen molar-refractivity contribution in [2.75, 3.05) is 24.5 Å². The third-order valence-corrected chi connectivity index (χ3v) is 4.11. The quantitative estimate of drug-likeness (QED) is 0.868. The van der Waals surface area contributed by atoms with Crippen molar-refractivity contribution in [1.29, 1.82) is 0 Å². The number of nitrogens with one attached hydrogen (secondary N) is 1. The van der Waals surface area contributed by atoms with Crippen molar-refractivity contribution in [3.05, 3.63) is 29.6 Å². The molecule has 0 atom stereocenters. The molecule has 3 heteroatoms. The van der Waals surface area contributed by atoms with Crippen molar-refractivity contribution >= 4 is 5.69 Å².